The molecule has 0 aliphatic carbocycles. The normalized spacial score (nSPS) is 31.0. The van der Waals surface area contributed by atoms with Crippen molar-refractivity contribution < 1.29 is 9.53 Å². The van der Waals surface area contributed by atoms with Crippen LogP contribution in [0.5, 0.6) is 0 Å². The van der Waals surface area contributed by atoms with E-state index in [1.165, 1.54) is 0 Å². The fourth-order valence-corrected chi connectivity index (χ4v) is 3.15. The van der Waals surface area contributed by atoms with Crippen LogP contribution in [0.3, 0.4) is 0 Å². The van der Waals surface area contributed by atoms with Gasteiger partial charge in [0, 0.05) is 31.3 Å². The largest absolute Gasteiger partial charge is 0.454 e. The van der Waals surface area contributed by atoms with E-state index in [2.05, 4.69) is 37.9 Å². The van der Waals surface area contributed by atoms with Gasteiger partial charge in [0.2, 0.25) is 0 Å². The minimum atomic E-state index is -0.486. The van der Waals surface area contributed by atoms with Gasteiger partial charge in [0.05, 0.1) is 0 Å². The van der Waals surface area contributed by atoms with Crippen LogP contribution in [-0.4, -0.2) is 30.5 Å². The molecule has 2 rings (SSSR count). The number of likely N-dealkylation sites (tertiary alicyclic amines) is 1. The second-order valence-corrected chi connectivity index (χ2v) is 5.98. The Hall–Kier alpha value is -1.35. The minimum Gasteiger partial charge on any atom is -0.454 e. The number of piperidine rings is 1. The third-order valence-corrected chi connectivity index (χ3v) is 4.56. The summed E-state index contributed by atoms with van der Waals surface area (Å²) in [6.07, 6.45) is 1.27. The number of carbonyl (C=O) groups excluding carboxylic acids is 1. The third kappa shape index (κ3) is 2.73. The molecule has 1 aliphatic rings. The zero-order chi connectivity index (χ0) is 14.8. The van der Waals surface area contributed by atoms with Gasteiger partial charge in [-0.25, -0.2) is 0 Å². The molecule has 3 heteroatoms. The van der Waals surface area contributed by atoms with Crippen molar-refractivity contribution in [3.8, 4) is 0 Å². The van der Waals surface area contributed by atoms with Crippen molar-refractivity contribution >= 4 is 5.97 Å². The van der Waals surface area contributed by atoms with Gasteiger partial charge in [-0.1, -0.05) is 44.2 Å². The summed E-state index contributed by atoms with van der Waals surface area (Å²) in [5.74, 6) is 0.166. The van der Waals surface area contributed by atoms with Crippen molar-refractivity contribution in [1.29, 1.82) is 0 Å². The van der Waals surface area contributed by atoms with Crippen LogP contribution >= 0.6 is 0 Å². The summed E-state index contributed by atoms with van der Waals surface area (Å²) in [5, 5.41) is 0. The molecule has 0 radical (unpaired) electrons. The van der Waals surface area contributed by atoms with Crippen molar-refractivity contribution in [3.63, 3.8) is 0 Å². The summed E-state index contributed by atoms with van der Waals surface area (Å²) >= 11 is 0. The highest BCUT2D eigenvalue weighted by atomic mass is 16.6. The van der Waals surface area contributed by atoms with Gasteiger partial charge in [0.25, 0.3) is 0 Å². The van der Waals surface area contributed by atoms with Crippen molar-refractivity contribution in [2.24, 2.45) is 5.92 Å². The highest BCUT2D eigenvalue weighted by Crippen LogP contribution is 2.43. The average molecular weight is 275 g/mol. The lowest BCUT2D eigenvalue weighted by molar-refractivity contribution is -0.177. The molecule has 0 saturated carbocycles. The molecule has 0 unspecified atom stereocenters. The predicted octanol–water partition coefficient (Wildman–Crippen LogP) is 3.20. The Morgan fingerprint density at radius 3 is 2.60 bits per heavy atom. The number of hydrogen-bond donors (Lipinski definition) is 0. The van der Waals surface area contributed by atoms with Gasteiger partial charge in [-0.3, -0.25) is 4.79 Å². The van der Waals surface area contributed by atoms with E-state index in [9.17, 15) is 4.79 Å². The Bertz CT molecular complexity index is 459. The summed E-state index contributed by atoms with van der Waals surface area (Å²) in [6.45, 7) is 7.17. The van der Waals surface area contributed by atoms with Gasteiger partial charge in [-0.05, 0) is 19.5 Å². The Morgan fingerprint density at radius 2 is 2.00 bits per heavy atom. The summed E-state index contributed by atoms with van der Waals surface area (Å²) in [4.78, 5) is 14.3. The second kappa shape index (κ2) is 5.96. The number of benzene rings is 1. The van der Waals surface area contributed by atoms with E-state index in [0.717, 1.165) is 18.5 Å². The van der Waals surface area contributed by atoms with E-state index < -0.39 is 5.60 Å². The molecular formula is C17H25NO2. The fourth-order valence-electron chi connectivity index (χ4n) is 3.15. The van der Waals surface area contributed by atoms with Crippen molar-refractivity contribution in [2.75, 3.05) is 13.6 Å². The van der Waals surface area contributed by atoms with Crippen molar-refractivity contribution in [1.82, 2.24) is 4.90 Å². The first-order valence-corrected chi connectivity index (χ1v) is 7.47. The van der Waals surface area contributed by atoms with Crippen molar-refractivity contribution in [2.45, 2.75) is 45.3 Å². The maximum atomic E-state index is 12.0. The lowest BCUT2D eigenvalue weighted by Gasteiger charge is -2.48. The summed E-state index contributed by atoms with van der Waals surface area (Å²) in [5.41, 5.74) is 0.634. The SMILES string of the molecule is CCC(=O)O[C@@]1(c2ccccc2)C[C@@H](C)N(C)C[C@@H]1C. The first-order valence-electron chi connectivity index (χ1n) is 7.47. The van der Waals surface area contributed by atoms with E-state index in [0.29, 0.717) is 12.5 Å². The molecule has 1 heterocycles. The average Bonchev–Trinajstić information content (AvgIpc) is 2.45. The molecular weight excluding hydrogens is 250 g/mol. The number of carbonyl (C=O) groups is 1. The quantitative estimate of drug-likeness (QED) is 0.793. The highest BCUT2D eigenvalue weighted by molar-refractivity contribution is 5.69. The van der Waals surface area contributed by atoms with E-state index in [1.54, 1.807) is 0 Å². The zero-order valence-electron chi connectivity index (χ0n) is 12.9. The second-order valence-electron chi connectivity index (χ2n) is 5.98. The molecule has 3 nitrogen and oxygen atoms in total. The molecule has 1 aromatic rings. The highest BCUT2D eigenvalue weighted by Gasteiger charge is 2.46. The number of rotatable bonds is 3. The Morgan fingerprint density at radius 1 is 1.35 bits per heavy atom. The first kappa shape index (κ1) is 15.0. The van der Waals surface area contributed by atoms with Crippen LogP contribution in [0.1, 0.15) is 39.2 Å². The van der Waals surface area contributed by atoms with Crippen LogP contribution in [0, 0.1) is 5.92 Å². The Labute approximate surface area is 121 Å². The van der Waals surface area contributed by atoms with Gasteiger partial charge < -0.3 is 9.64 Å². The molecule has 1 aromatic carbocycles. The first-order chi connectivity index (χ1) is 9.49. The van der Waals surface area contributed by atoms with Crippen LogP contribution in [0.15, 0.2) is 30.3 Å². The molecule has 110 valence electrons. The lowest BCUT2D eigenvalue weighted by atomic mass is 9.74. The number of nitrogens with zero attached hydrogens (tertiary/aromatic N) is 1. The van der Waals surface area contributed by atoms with Crippen LogP contribution in [0.2, 0.25) is 0 Å². The molecule has 1 saturated heterocycles. The maximum absolute atomic E-state index is 12.0. The minimum absolute atomic E-state index is 0.113. The predicted molar refractivity (Wildman–Crippen MR) is 80.4 cm³/mol. The van der Waals surface area contributed by atoms with Gasteiger partial charge in [-0.15, -0.1) is 0 Å². The molecule has 3 atom stereocenters. The molecule has 20 heavy (non-hydrogen) atoms. The molecule has 1 aliphatic heterocycles. The third-order valence-electron chi connectivity index (χ3n) is 4.56. The number of ether oxygens (including phenoxy) is 1. The number of hydrogen-bond acceptors (Lipinski definition) is 3. The van der Waals surface area contributed by atoms with Gasteiger partial charge in [0.1, 0.15) is 5.60 Å². The molecule has 1 fully saturated rings. The molecule has 0 N–H and O–H groups in total. The molecule has 0 aromatic heterocycles. The van der Waals surface area contributed by atoms with E-state index in [1.807, 2.05) is 25.1 Å². The van der Waals surface area contributed by atoms with Gasteiger partial charge in [-0.2, -0.15) is 0 Å². The fraction of sp³-hybridized carbons (Fsp3) is 0.588. The van der Waals surface area contributed by atoms with Gasteiger partial charge in [0.15, 0.2) is 0 Å². The molecule has 0 amide bonds. The molecule has 0 spiro atoms. The van der Waals surface area contributed by atoms with Crippen LogP contribution in [-0.2, 0) is 15.1 Å². The number of esters is 1. The topological polar surface area (TPSA) is 29.5 Å². The monoisotopic (exact) mass is 275 g/mol. The van der Waals surface area contributed by atoms with Crippen molar-refractivity contribution in [3.05, 3.63) is 35.9 Å². The lowest BCUT2D eigenvalue weighted by Crippen LogP contribution is -2.53. The van der Waals surface area contributed by atoms with Crippen LogP contribution in [0.4, 0.5) is 0 Å². The van der Waals surface area contributed by atoms with E-state index in [-0.39, 0.29) is 11.9 Å². The standard InChI is InChI=1S/C17H25NO2/c1-5-16(19)20-17(15-9-7-6-8-10-15)11-14(3)18(4)12-13(17)2/h6-10,13-14H,5,11-12H2,1-4H3/t13-,14+,17-/m0/s1. The Kier molecular flexibility index (Phi) is 4.48. The van der Waals surface area contributed by atoms with Crippen LogP contribution in [0.25, 0.3) is 0 Å². The summed E-state index contributed by atoms with van der Waals surface area (Å²) in [7, 11) is 2.14. The maximum Gasteiger partial charge on any atom is 0.306 e. The van der Waals surface area contributed by atoms with E-state index >= 15 is 0 Å². The van der Waals surface area contributed by atoms with E-state index in [4.69, 9.17) is 4.74 Å². The zero-order valence-corrected chi connectivity index (χ0v) is 12.9. The summed E-state index contributed by atoms with van der Waals surface area (Å²) in [6, 6.07) is 10.6. The smallest absolute Gasteiger partial charge is 0.306 e. The van der Waals surface area contributed by atoms with Gasteiger partial charge >= 0.3 is 5.97 Å². The van der Waals surface area contributed by atoms with Crippen LogP contribution < -0.4 is 0 Å². The molecule has 0 bridgehead atoms. The Balaban J connectivity index is 2.41. The summed E-state index contributed by atoms with van der Waals surface area (Å²) < 4.78 is 5.98.